The lowest BCUT2D eigenvalue weighted by Gasteiger charge is -2.00. The SMILES string of the molecule is C[n+]1ccn(CCCCCCCCCO)c1. The zero-order chi connectivity index (χ0) is 11.6. The molecule has 0 saturated heterocycles. The lowest BCUT2D eigenvalue weighted by atomic mass is 10.1. The van der Waals surface area contributed by atoms with Gasteiger partial charge in [0.2, 0.25) is 6.33 Å². The zero-order valence-corrected chi connectivity index (χ0v) is 10.4. The highest BCUT2D eigenvalue weighted by atomic mass is 16.2. The Labute approximate surface area is 98.7 Å². The third-order valence-electron chi connectivity index (χ3n) is 2.90. The molecule has 0 saturated carbocycles. The maximum Gasteiger partial charge on any atom is 0.243 e. The van der Waals surface area contributed by atoms with Gasteiger partial charge in [0.25, 0.3) is 0 Å². The van der Waals surface area contributed by atoms with Crippen LogP contribution < -0.4 is 4.57 Å². The Morgan fingerprint density at radius 3 is 2.19 bits per heavy atom. The van der Waals surface area contributed by atoms with E-state index in [0.29, 0.717) is 6.61 Å². The van der Waals surface area contributed by atoms with Crippen molar-refractivity contribution in [3.8, 4) is 0 Å². The van der Waals surface area contributed by atoms with Crippen LogP contribution in [0.15, 0.2) is 18.7 Å². The van der Waals surface area contributed by atoms with Crippen LogP contribution in [0.4, 0.5) is 0 Å². The van der Waals surface area contributed by atoms with E-state index in [2.05, 4.69) is 34.9 Å². The largest absolute Gasteiger partial charge is 0.396 e. The Balaban J connectivity index is 1.88. The topological polar surface area (TPSA) is 29.0 Å². The summed E-state index contributed by atoms with van der Waals surface area (Å²) < 4.78 is 4.32. The maximum absolute atomic E-state index is 8.63. The molecule has 16 heavy (non-hydrogen) atoms. The molecule has 3 heteroatoms. The molecule has 1 rings (SSSR count). The summed E-state index contributed by atoms with van der Waals surface area (Å²) in [5.74, 6) is 0. The van der Waals surface area contributed by atoms with Crippen LogP contribution in [0.25, 0.3) is 0 Å². The fourth-order valence-electron chi connectivity index (χ4n) is 1.92. The molecule has 0 aliphatic rings. The first-order chi connectivity index (χ1) is 7.83. The van der Waals surface area contributed by atoms with E-state index in [4.69, 9.17) is 5.11 Å². The standard InChI is InChI=1S/C13H25N2O/c1-14-10-11-15(13-14)9-7-5-3-2-4-6-8-12-16/h10-11,13,16H,2-9,12H2,1H3/q+1. The minimum absolute atomic E-state index is 0.352. The molecule has 1 N–H and O–H groups in total. The molecule has 0 amide bonds. The summed E-state index contributed by atoms with van der Waals surface area (Å²) in [6.07, 6.45) is 15.0. The highest BCUT2D eigenvalue weighted by molar-refractivity contribution is 4.65. The van der Waals surface area contributed by atoms with Crippen molar-refractivity contribution in [2.45, 2.75) is 51.5 Å². The van der Waals surface area contributed by atoms with Crippen molar-refractivity contribution < 1.29 is 9.67 Å². The molecule has 3 nitrogen and oxygen atoms in total. The van der Waals surface area contributed by atoms with Gasteiger partial charge in [0.1, 0.15) is 12.4 Å². The lowest BCUT2D eigenvalue weighted by Crippen LogP contribution is -2.23. The molecule has 0 aromatic carbocycles. The summed E-state index contributed by atoms with van der Waals surface area (Å²) >= 11 is 0. The van der Waals surface area contributed by atoms with Crippen LogP contribution in [-0.2, 0) is 13.6 Å². The van der Waals surface area contributed by atoms with E-state index in [9.17, 15) is 0 Å². The number of nitrogens with zero attached hydrogens (tertiary/aromatic N) is 2. The Kier molecular flexibility index (Phi) is 6.90. The summed E-state index contributed by atoms with van der Waals surface area (Å²) in [7, 11) is 2.05. The van der Waals surface area contributed by atoms with E-state index in [-0.39, 0.29) is 0 Å². The van der Waals surface area contributed by atoms with Gasteiger partial charge < -0.3 is 5.11 Å². The molecule has 0 fully saturated rings. The average Bonchev–Trinajstić information content (AvgIpc) is 2.68. The highest BCUT2D eigenvalue weighted by Crippen LogP contribution is 2.07. The van der Waals surface area contributed by atoms with E-state index >= 15 is 0 Å². The van der Waals surface area contributed by atoms with Crippen LogP contribution in [0.2, 0.25) is 0 Å². The van der Waals surface area contributed by atoms with E-state index in [0.717, 1.165) is 13.0 Å². The smallest absolute Gasteiger partial charge is 0.243 e. The molecule has 1 aromatic rings. The van der Waals surface area contributed by atoms with Gasteiger partial charge in [-0.25, -0.2) is 9.13 Å². The lowest BCUT2D eigenvalue weighted by molar-refractivity contribution is -0.671. The third kappa shape index (κ3) is 5.91. The first-order valence-electron chi connectivity index (χ1n) is 6.45. The first kappa shape index (κ1) is 13.2. The van der Waals surface area contributed by atoms with Gasteiger partial charge in [-0.2, -0.15) is 0 Å². The number of imidazole rings is 1. The van der Waals surface area contributed by atoms with Gasteiger partial charge in [0.05, 0.1) is 13.6 Å². The normalized spacial score (nSPS) is 10.9. The van der Waals surface area contributed by atoms with Gasteiger partial charge in [0.15, 0.2) is 0 Å². The van der Waals surface area contributed by atoms with Crippen molar-refractivity contribution in [1.82, 2.24) is 4.57 Å². The van der Waals surface area contributed by atoms with Crippen LogP contribution >= 0.6 is 0 Å². The van der Waals surface area contributed by atoms with Crippen LogP contribution in [-0.4, -0.2) is 16.3 Å². The Bertz CT molecular complexity index is 271. The van der Waals surface area contributed by atoms with Gasteiger partial charge in [0, 0.05) is 6.61 Å². The first-order valence-corrected chi connectivity index (χ1v) is 6.45. The summed E-state index contributed by atoms with van der Waals surface area (Å²) in [4.78, 5) is 0. The number of unbranched alkanes of at least 4 members (excludes halogenated alkanes) is 6. The van der Waals surface area contributed by atoms with Gasteiger partial charge in [-0.05, 0) is 19.3 Å². The third-order valence-corrected chi connectivity index (χ3v) is 2.90. The second-order valence-corrected chi connectivity index (χ2v) is 4.52. The van der Waals surface area contributed by atoms with Gasteiger partial charge in [-0.3, -0.25) is 0 Å². The van der Waals surface area contributed by atoms with Crippen LogP contribution in [0, 0.1) is 0 Å². The van der Waals surface area contributed by atoms with Crippen molar-refractivity contribution >= 4 is 0 Å². The molecule has 0 spiro atoms. The van der Waals surface area contributed by atoms with Crippen LogP contribution in [0.5, 0.6) is 0 Å². The highest BCUT2D eigenvalue weighted by Gasteiger charge is 1.98. The number of rotatable bonds is 9. The predicted octanol–water partition coefficient (Wildman–Crippen LogP) is 2.04. The van der Waals surface area contributed by atoms with Crippen LogP contribution in [0.1, 0.15) is 44.9 Å². The molecule has 0 aliphatic carbocycles. The van der Waals surface area contributed by atoms with E-state index in [1.807, 2.05) is 0 Å². The molecule has 0 atom stereocenters. The summed E-state index contributed by atoms with van der Waals surface area (Å²) in [6, 6.07) is 0. The van der Waals surface area contributed by atoms with E-state index in [1.165, 1.54) is 38.5 Å². The van der Waals surface area contributed by atoms with Crippen molar-refractivity contribution in [3.63, 3.8) is 0 Å². The molecule has 0 aliphatic heterocycles. The monoisotopic (exact) mass is 225 g/mol. The molecular formula is C13H25N2O+. The number of aliphatic hydroxyl groups is 1. The van der Waals surface area contributed by atoms with E-state index in [1.54, 1.807) is 0 Å². The average molecular weight is 225 g/mol. The second-order valence-electron chi connectivity index (χ2n) is 4.52. The van der Waals surface area contributed by atoms with Crippen molar-refractivity contribution in [2.75, 3.05) is 6.61 Å². The summed E-state index contributed by atoms with van der Waals surface area (Å²) in [6.45, 7) is 1.49. The van der Waals surface area contributed by atoms with Gasteiger partial charge >= 0.3 is 0 Å². The Morgan fingerprint density at radius 1 is 1.00 bits per heavy atom. The number of aliphatic hydroxyl groups excluding tert-OH is 1. The van der Waals surface area contributed by atoms with Gasteiger partial charge in [-0.15, -0.1) is 0 Å². The minimum atomic E-state index is 0.352. The minimum Gasteiger partial charge on any atom is -0.396 e. The van der Waals surface area contributed by atoms with Crippen molar-refractivity contribution in [2.24, 2.45) is 7.05 Å². The number of hydrogen-bond acceptors (Lipinski definition) is 1. The maximum atomic E-state index is 8.63. The van der Waals surface area contributed by atoms with E-state index < -0.39 is 0 Å². The molecule has 1 aromatic heterocycles. The number of hydrogen-bond donors (Lipinski definition) is 1. The molecule has 0 unspecified atom stereocenters. The Hall–Kier alpha value is -0.830. The predicted molar refractivity (Wildman–Crippen MR) is 65.0 cm³/mol. The van der Waals surface area contributed by atoms with Crippen molar-refractivity contribution in [3.05, 3.63) is 18.7 Å². The molecule has 0 radical (unpaired) electrons. The zero-order valence-electron chi connectivity index (χ0n) is 10.4. The summed E-state index contributed by atoms with van der Waals surface area (Å²) in [5.41, 5.74) is 0. The number of aryl methyl sites for hydroxylation is 2. The van der Waals surface area contributed by atoms with Gasteiger partial charge in [-0.1, -0.05) is 25.7 Å². The molecule has 1 heterocycles. The summed E-state index contributed by atoms with van der Waals surface area (Å²) in [5, 5.41) is 8.63. The molecule has 0 bridgehead atoms. The Morgan fingerprint density at radius 2 is 1.62 bits per heavy atom. The van der Waals surface area contributed by atoms with Crippen molar-refractivity contribution in [1.29, 1.82) is 0 Å². The second kappa shape index (κ2) is 8.34. The fraction of sp³-hybridized carbons (Fsp3) is 0.769. The fourth-order valence-corrected chi connectivity index (χ4v) is 1.92. The molecular weight excluding hydrogens is 200 g/mol. The number of aromatic nitrogens is 2. The van der Waals surface area contributed by atoms with Crippen LogP contribution in [0.3, 0.4) is 0 Å². The quantitative estimate of drug-likeness (QED) is 0.506. The molecule has 92 valence electrons.